The molecule has 182 valence electrons. The van der Waals surface area contributed by atoms with Crippen molar-refractivity contribution in [1.29, 1.82) is 0 Å². The molecule has 2 aromatic rings. The van der Waals surface area contributed by atoms with Gasteiger partial charge in [0.1, 0.15) is 6.61 Å². The number of carbonyl (C=O) groups excluding carboxylic acids is 2. The number of allylic oxidation sites excluding steroid dienone is 4. The number of rotatable bonds is 6. The van der Waals surface area contributed by atoms with Gasteiger partial charge in [-0.15, -0.1) is 0 Å². The molecule has 35 heavy (non-hydrogen) atoms. The Bertz CT molecular complexity index is 1200. The number of nitrogens with zero attached hydrogens (tertiary/aromatic N) is 1. The molecule has 2 aliphatic carbocycles. The molecule has 0 unspecified atom stereocenters. The summed E-state index contributed by atoms with van der Waals surface area (Å²) in [6, 6.07) is 13.3. The second-order valence-corrected chi connectivity index (χ2v) is 9.65. The molecule has 0 radical (unpaired) electrons. The first-order valence-electron chi connectivity index (χ1n) is 12.4. The van der Waals surface area contributed by atoms with Crippen LogP contribution < -0.4 is 9.47 Å². The zero-order chi connectivity index (χ0) is 24.5. The summed E-state index contributed by atoms with van der Waals surface area (Å²) in [5.74, 6) is 1.11. The first-order chi connectivity index (χ1) is 17.0. The Kier molecular flexibility index (Phi) is 6.70. The quantitative estimate of drug-likeness (QED) is 0.470. The van der Waals surface area contributed by atoms with Gasteiger partial charge in [0.05, 0.1) is 7.11 Å². The van der Waals surface area contributed by atoms with Crippen LogP contribution in [0.25, 0.3) is 0 Å². The lowest BCUT2D eigenvalue weighted by molar-refractivity contribution is -0.117. The Morgan fingerprint density at radius 2 is 1.57 bits per heavy atom. The van der Waals surface area contributed by atoms with Crippen molar-refractivity contribution in [1.82, 2.24) is 4.90 Å². The van der Waals surface area contributed by atoms with E-state index < -0.39 is 0 Å². The van der Waals surface area contributed by atoms with Crippen LogP contribution in [-0.2, 0) is 16.2 Å². The predicted molar refractivity (Wildman–Crippen MR) is 136 cm³/mol. The Hall–Kier alpha value is -3.05. The molecular weight excluding hydrogens is 462 g/mol. The summed E-state index contributed by atoms with van der Waals surface area (Å²) in [6.45, 7) is 3.18. The van der Waals surface area contributed by atoms with Crippen molar-refractivity contribution in [3.05, 3.63) is 81.2 Å². The second-order valence-electron chi connectivity index (χ2n) is 9.24. The summed E-state index contributed by atoms with van der Waals surface area (Å²) in [5, 5.41) is 0.649. The van der Waals surface area contributed by atoms with E-state index in [0.717, 1.165) is 65.9 Å². The number of carbonyl (C=O) groups is 2. The molecule has 0 atom stereocenters. The maximum Gasteiger partial charge on any atom is 0.161 e. The summed E-state index contributed by atoms with van der Waals surface area (Å²) in [6.07, 6.45) is 4.50. The number of Topliss-reactive ketones (excluding diaryl/α,β-unsaturated/α-hetero) is 2. The number of ketones is 2. The van der Waals surface area contributed by atoms with Crippen LogP contribution in [0, 0.1) is 0 Å². The van der Waals surface area contributed by atoms with Gasteiger partial charge >= 0.3 is 0 Å². The van der Waals surface area contributed by atoms with E-state index in [1.54, 1.807) is 7.11 Å². The van der Waals surface area contributed by atoms with Gasteiger partial charge in [0.15, 0.2) is 23.1 Å². The van der Waals surface area contributed by atoms with Gasteiger partial charge < -0.3 is 14.4 Å². The van der Waals surface area contributed by atoms with E-state index in [0.29, 0.717) is 36.0 Å². The fourth-order valence-corrected chi connectivity index (χ4v) is 5.88. The van der Waals surface area contributed by atoms with Crippen LogP contribution in [0.15, 0.2) is 65.0 Å². The monoisotopic (exact) mass is 491 g/mol. The lowest BCUT2D eigenvalue weighted by Gasteiger charge is -2.43. The van der Waals surface area contributed by atoms with Crippen molar-refractivity contribution in [2.45, 2.75) is 58.0 Å². The van der Waals surface area contributed by atoms with Crippen molar-refractivity contribution < 1.29 is 19.1 Å². The van der Waals surface area contributed by atoms with Crippen molar-refractivity contribution in [3.63, 3.8) is 0 Å². The van der Waals surface area contributed by atoms with Crippen LogP contribution in [-0.4, -0.2) is 30.1 Å². The molecule has 5 nitrogen and oxygen atoms in total. The van der Waals surface area contributed by atoms with Gasteiger partial charge in [-0.2, -0.15) is 0 Å². The maximum absolute atomic E-state index is 13.3. The van der Waals surface area contributed by atoms with Gasteiger partial charge in [0.2, 0.25) is 0 Å². The van der Waals surface area contributed by atoms with Crippen molar-refractivity contribution in [2.75, 3.05) is 13.7 Å². The van der Waals surface area contributed by atoms with E-state index in [4.69, 9.17) is 21.1 Å². The Morgan fingerprint density at radius 3 is 2.17 bits per heavy atom. The largest absolute Gasteiger partial charge is 0.493 e. The fourth-order valence-electron chi connectivity index (χ4n) is 5.69. The molecular formula is C29H30ClNO4. The minimum absolute atomic E-state index is 0.151. The highest BCUT2D eigenvalue weighted by Gasteiger charge is 2.43. The lowest BCUT2D eigenvalue weighted by Crippen LogP contribution is -2.39. The highest BCUT2D eigenvalue weighted by Crippen LogP contribution is 2.50. The molecule has 5 rings (SSSR count). The molecule has 1 aliphatic heterocycles. The Labute approximate surface area is 211 Å². The van der Waals surface area contributed by atoms with Gasteiger partial charge in [-0.3, -0.25) is 9.59 Å². The van der Waals surface area contributed by atoms with E-state index in [1.165, 1.54) is 0 Å². The minimum atomic E-state index is -0.352. The number of ether oxygens (including phenoxy) is 2. The highest BCUT2D eigenvalue weighted by atomic mass is 35.5. The van der Waals surface area contributed by atoms with Crippen molar-refractivity contribution in [2.24, 2.45) is 0 Å². The van der Waals surface area contributed by atoms with E-state index in [-0.39, 0.29) is 17.5 Å². The topological polar surface area (TPSA) is 55.8 Å². The summed E-state index contributed by atoms with van der Waals surface area (Å²) in [5.41, 5.74) is 5.56. The van der Waals surface area contributed by atoms with Crippen molar-refractivity contribution in [3.8, 4) is 11.5 Å². The number of hydrogen-bond donors (Lipinski definition) is 0. The zero-order valence-corrected chi connectivity index (χ0v) is 21.0. The minimum Gasteiger partial charge on any atom is -0.493 e. The first-order valence-corrected chi connectivity index (χ1v) is 12.8. The summed E-state index contributed by atoms with van der Waals surface area (Å²) in [4.78, 5) is 28.8. The third-order valence-corrected chi connectivity index (χ3v) is 7.63. The van der Waals surface area contributed by atoms with Gasteiger partial charge in [0.25, 0.3) is 0 Å². The van der Waals surface area contributed by atoms with Gasteiger partial charge in [-0.25, -0.2) is 0 Å². The SMILES string of the molecule is CCN1C2=C(C(=O)CCC2)C(c2ccc(OCc3ccccc3Cl)c(OC)c2)C2=C1CCCC2=O. The molecule has 0 aromatic heterocycles. The number of methoxy groups -OCH3 is 1. The molecule has 2 aromatic carbocycles. The standard InChI is InChI=1S/C29H30ClNO4/c1-3-31-21-10-6-12-23(32)28(21)27(29-22(31)11-7-13-24(29)33)18-14-15-25(26(16-18)34-2)35-17-19-8-4-5-9-20(19)30/h4-5,8-9,14-16,27H,3,6-7,10-13,17H2,1-2H3. The fraction of sp³-hybridized carbons (Fsp3) is 0.379. The lowest BCUT2D eigenvalue weighted by atomic mass is 9.71. The Balaban J connectivity index is 1.56. The molecule has 0 saturated heterocycles. The predicted octanol–water partition coefficient (Wildman–Crippen LogP) is 6.36. The van der Waals surface area contributed by atoms with Crippen LogP contribution in [0.5, 0.6) is 11.5 Å². The number of hydrogen-bond acceptors (Lipinski definition) is 5. The average molecular weight is 492 g/mol. The summed E-state index contributed by atoms with van der Waals surface area (Å²) < 4.78 is 11.7. The molecule has 6 heteroatoms. The second kappa shape index (κ2) is 9.90. The smallest absolute Gasteiger partial charge is 0.161 e. The van der Waals surface area contributed by atoms with Crippen LogP contribution in [0.3, 0.4) is 0 Å². The molecule has 0 saturated carbocycles. The maximum atomic E-state index is 13.3. The molecule has 0 spiro atoms. The normalized spacial score (nSPS) is 18.5. The molecule has 0 N–H and O–H groups in total. The van der Waals surface area contributed by atoms with Crippen LogP contribution in [0.2, 0.25) is 5.02 Å². The van der Waals surface area contributed by atoms with E-state index in [2.05, 4.69) is 11.8 Å². The third kappa shape index (κ3) is 4.27. The highest BCUT2D eigenvalue weighted by molar-refractivity contribution is 6.31. The third-order valence-electron chi connectivity index (χ3n) is 7.26. The first kappa shape index (κ1) is 23.7. The van der Waals surface area contributed by atoms with Crippen LogP contribution in [0.4, 0.5) is 0 Å². The van der Waals surface area contributed by atoms with Gasteiger partial charge in [-0.05, 0) is 56.4 Å². The Morgan fingerprint density at radius 1 is 0.914 bits per heavy atom. The number of halogens is 1. The van der Waals surface area contributed by atoms with Gasteiger partial charge in [0, 0.05) is 58.4 Å². The van der Waals surface area contributed by atoms with E-state index >= 15 is 0 Å². The van der Waals surface area contributed by atoms with E-state index in [9.17, 15) is 9.59 Å². The number of benzene rings is 2. The van der Waals surface area contributed by atoms with E-state index in [1.807, 2.05) is 42.5 Å². The zero-order valence-electron chi connectivity index (χ0n) is 20.2. The molecule has 3 aliphatic rings. The molecule has 0 bridgehead atoms. The van der Waals surface area contributed by atoms with Crippen LogP contribution in [0.1, 0.15) is 62.5 Å². The van der Waals surface area contributed by atoms with Gasteiger partial charge in [-0.1, -0.05) is 35.9 Å². The molecule has 1 heterocycles. The average Bonchev–Trinajstić information content (AvgIpc) is 2.87. The molecule has 0 fully saturated rings. The summed E-state index contributed by atoms with van der Waals surface area (Å²) in [7, 11) is 1.61. The van der Waals surface area contributed by atoms with Crippen molar-refractivity contribution >= 4 is 23.2 Å². The summed E-state index contributed by atoms with van der Waals surface area (Å²) >= 11 is 6.28. The van der Waals surface area contributed by atoms with Crippen LogP contribution >= 0.6 is 11.6 Å². The molecule has 0 amide bonds.